The fourth-order valence-electron chi connectivity index (χ4n) is 1.92. The van der Waals surface area contributed by atoms with Crippen molar-refractivity contribution in [1.29, 1.82) is 0 Å². The molecule has 3 aliphatic carbocycles. The van der Waals surface area contributed by atoms with Gasteiger partial charge in [-0.05, 0) is 38.5 Å². The maximum absolute atomic E-state index is 11.7. The van der Waals surface area contributed by atoms with Crippen molar-refractivity contribution in [2.24, 2.45) is 17.8 Å². The molecular weight excluding hydrogens is 276 g/mol. The lowest BCUT2D eigenvalue weighted by Crippen LogP contribution is -2.31. The Hall–Kier alpha value is -1.59. The van der Waals surface area contributed by atoms with Crippen molar-refractivity contribution in [2.45, 2.75) is 44.6 Å². The summed E-state index contributed by atoms with van der Waals surface area (Å²) >= 11 is 0. The molecule has 0 aliphatic heterocycles. The molecule has 3 fully saturated rings. The topological polar surface area (TPSA) is 78.9 Å². The SMILES string of the molecule is O=C(OCC(COC(=O)C1CC1)OC(=O)C1CC1)C1CC1. The second-order valence-electron chi connectivity index (χ2n) is 6.14. The Morgan fingerprint density at radius 2 is 1.10 bits per heavy atom. The van der Waals surface area contributed by atoms with Gasteiger partial charge >= 0.3 is 17.9 Å². The van der Waals surface area contributed by atoms with Gasteiger partial charge in [0.2, 0.25) is 0 Å². The standard InChI is InChI=1S/C15H20O6/c16-13(9-1-2-9)19-7-12(21-15(18)11-5-6-11)8-20-14(17)10-3-4-10/h9-12H,1-8H2. The molecule has 0 N–H and O–H groups in total. The van der Waals surface area contributed by atoms with E-state index in [4.69, 9.17) is 14.2 Å². The molecule has 0 unspecified atom stereocenters. The Kier molecular flexibility index (Phi) is 4.12. The minimum Gasteiger partial charge on any atom is -0.461 e. The number of esters is 3. The summed E-state index contributed by atoms with van der Waals surface area (Å²) in [6.45, 7) is -0.0719. The molecule has 0 aromatic heterocycles. The monoisotopic (exact) mass is 296 g/mol. The number of ether oxygens (including phenoxy) is 3. The third kappa shape index (κ3) is 4.44. The van der Waals surface area contributed by atoms with Crippen LogP contribution in [0.3, 0.4) is 0 Å². The summed E-state index contributed by atoms with van der Waals surface area (Å²) in [6.07, 6.45) is 4.45. The molecule has 0 spiro atoms. The van der Waals surface area contributed by atoms with Gasteiger partial charge in [-0.3, -0.25) is 14.4 Å². The third-order valence-electron chi connectivity index (χ3n) is 3.84. The second-order valence-corrected chi connectivity index (χ2v) is 6.14. The van der Waals surface area contributed by atoms with Crippen LogP contribution in [0.1, 0.15) is 38.5 Å². The van der Waals surface area contributed by atoms with E-state index in [9.17, 15) is 14.4 Å². The largest absolute Gasteiger partial charge is 0.461 e. The molecule has 3 saturated carbocycles. The van der Waals surface area contributed by atoms with Crippen molar-refractivity contribution in [1.82, 2.24) is 0 Å². The van der Waals surface area contributed by atoms with Crippen LogP contribution >= 0.6 is 0 Å². The Labute approximate surface area is 123 Å². The van der Waals surface area contributed by atoms with Crippen LogP contribution in [0.5, 0.6) is 0 Å². The third-order valence-corrected chi connectivity index (χ3v) is 3.84. The molecule has 0 atom stereocenters. The van der Waals surface area contributed by atoms with E-state index < -0.39 is 6.10 Å². The first-order valence-corrected chi connectivity index (χ1v) is 7.67. The smallest absolute Gasteiger partial charge is 0.309 e. The number of rotatable bonds is 8. The Morgan fingerprint density at radius 1 is 0.714 bits per heavy atom. The quantitative estimate of drug-likeness (QED) is 0.495. The molecule has 6 heteroatoms. The summed E-state index contributed by atoms with van der Waals surface area (Å²) in [4.78, 5) is 34.7. The molecule has 0 bridgehead atoms. The van der Waals surface area contributed by atoms with Gasteiger partial charge in [0.25, 0.3) is 0 Å². The molecule has 0 radical (unpaired) electrons. The maximum Gasteiger partial charge on any atom is 0.309 e. The summed E-state index contributed by atoms with van der Waals surface area (Å²) in [5.41, 5.74) is 0. The van der Waals surface area contributed by atoms with Gasteiger partial charge in [-0.25, -0.2) is 0 Å². The minimum absolute atomic E-state index is 0.00111. The van der Waals surface area contributed by atoms with Crippen LogP contribution in [-0.2, 0) is 28.6 Å². The number of carbonyl (C=O) groups excluding carboxylic acids is 3. The molecule has 3 aliphatic rings. The van der Waals surface area contributed by atoms with E-state index in [0.717, 1.165) is 38.5 Å². The summed E-state index contributed by atoms with van der Waals surface area (Å²) < 4.78 is 15.5. The summed E-state index contributed by atoms with van der Waals surface area (Å²) in [5.74, 6) is -0.833. The van der Waals surface area contributed by atoms with Crippen LogP contribution in [-0.4, -0.2) is 37.2 Å². The van der Waals surface area contributed by atoms with Crippen LogP contribution in [0, 0.1) is 17.8 Å². The Bertz CT molecular complexity index is 405. The molecule has 3 rings (SSSR count). The summed E-state index contributed by atoms with van der Waals surface area (Å²) in [7, 11) is 0. The number of carbonyl (C=O) groups is 3. The second kappa shape index (κ2) is 6.03. The molecule has 0 heterocycles. The Morgan fingerprint density at radius 3 is 1.48 bits per heavy atom. The zero-order valence-electron chi connectivity index (χ0n) is 11.9. The van der Waals surface area contributed by atoms with Crippen molar-refractivity contribution >= 4 is 17.9 Å². The zero-order chi connectivity index (χ0) is 14.8. The van der Waals surface area contributed by atoms with Gasteiger partial charge in [0.15, 0.2) is 6.10 Å². The van der Waals surface area contributed by atoms with Crippen molar-refractivity contribution in [3.05, 3.63) is 0 Å². The first-order chi connectivity index (χ1) is 10.1. The van der Waals surface area contributed by atoms with Crippen LogP contribution in [0.15, 0.2) is 0 Å². The lowest BCUT2D eigenvalue weighted by Gasteiger charge is -2.18. The van der Waals surface area contributed by atoms with Gasteiger partial charge in [0, 0.05) is 0 Å². The molecule has 0 saturated heterocycles. The van der Waals surface area contributed by atoms with Crippen molar-refractivity contribution in [3.8, 4) is 0 Å². The zero-order valence-corrected chi connectivity index (χ0v) is 11.9. The molecule has 0 aromatic rings. The highest BCUT2D eigenvalue weighted by Crippen LogP contribution is 2.32. The highest BCUT2D eigenvalue weighted by molar-refractivity contribution is 5.76. The van der Waals surface area contributed by atoms with E-state index >= 15 is 0 Å². The average Bonchev–Trinajstić information content (AvgIpc) is 3.32. The molecule has 21 heavy (non-hydrogen) atoms. The van der Waals surface area contributed by atoms with Gasteiger partial charge < -0.3 is 14.2 Å². The van der Waals surface area contributed by atoms with Gasteiger partial charge in [0.1, 0.15) is 13.2 Å². The van der Waals surface area contributed by atoms with E-state index in [1.807, 2.05) is 0 Å². The predicted octanol–water partition coefficient (Wildman–Crippen LogP) is 1.21. The first-order valence-electron chi connectivity index (χ1n) is 7.67. The fraction of sp³-hybridized carbons (Fsp3) is 0.800. The van der Waals surface area contributed by atoms with Crippen molar-refractivity contribution in [2.75, 3.05) is 13.2 Å². The van der Waals surface area contributed by atoms with Gasteiger partial charge in [0.05, 0.1) is 17.8 Å². The summed E-state index contributed by atoms with van der Waals surface area (Å²) in [6, 6.07) is 0. The predicted molar refractivity (Wildman–Crippen MR) is 70.0 cm³/mol. The van der Waals surface area contributed by atoms with E-state index in [1.54, 1.807) is 0 Å². The van der Waals surface area contributed by atoms with Crippen molar-refractivity contribution < 1.29 is 28.6 Å². The Balaban J connectivity index is 1.44. The van der Waals surface area contributed by atoms with Gasteiger partial charge in [-0.15, -0.1) is 0 Å². The van der Waals surface area contributed by atoms with E-state index in [2.05, 4.69) is 0 Å². The molecule has 0 aromatic carbocycles. The lowest BCUT2D eigenvalue weighted by atomic mass is 10.3. The summed E-state index contributed by atoms with van der Waals surface area (Å²) in [5, 5.41) is 0. The molecule has 116 valence electrons. The average molecular weight is 296 g/mol. The minimum atomic E-state index is -0.691. The molecular formula is C15H20O6. The normalized spacial score (nSPS) is 21.0. The number of hydrogen-bond acceptors (Lipinski definition) is 6. The van der Waals surface area contributed by atoms with E-state index in [0.29, 0.717) is 0 Å². The van der Waals surface area contributed by atoms with Crippen molar-refractivity contribution in [3.63, 3.8) is 0 Å². The molecule has 0 amide bonds. The van der Waals surface area contributed by atoms with Gasteiger partial charge in [-0.2, -0.15) is 0 Å². The van der Waals surface area contributed by atoms with E-state index in [-0.39, 0.29) is 48.9 Å². The van der Waals surface area contributed by atoms with Crippen LogP contribution in [0.2, 0.25) is 0 Å². The van der Waals surface area contributed by atoms with Crippen LogP contribution in [0.25, 0.3) is 0 Å². The fourth-order valence-corrected chi connectivity index (χ4v) is 1.92. The highest BCUT2D eigenvalue weighted by Gasteiger charge is 2.36. The lowest BCUT2D eigenvalue weighted by molar-refractivity contribution is -0.168. The van der Waals surface area contributed by atoms with E-state index in [1.165, 1.54) is 0 Å². The number of hydrogen-bond donors (Lipinski definition) is 0. The van der Waals surface area contributed by atoms with Gasteiger partial charge in [-0.1, -0.05) is 0 Å². The van der Waals surface area contributed by atoms with Crippen LogP contribution in [0.4, 0.5) is 0 Å². The molecule has 6 nitrogen and oxygen atoms in total. The first kappa shape index (κ1) is 14.4. The van der Waals surface area contributed by atoms with Crippen LogP contribution < -0.4 is 0 Å². The maximum atomic E-state index is 11.7. The highest BCUT2D eigenvalue weighted by atomic mass is 16.6.